The van der Waals surface area contributed by atoms with E-state index in [9.17, 15) is 4.79 Å². The fraction of sp³-hybridized carbons (Fsp3) is 0.409. The lowest BCUT2D eigenvalue weighted by Crippen LogP contribution is -2.46. The maximum Gasteiger partial charge on any atom is 0.410 e. The molecule has 4 nitrogen and oxygen atoms in total. The number of amides is 1. The molecule has 3 rings (SSSR count). The Balaban J connectivity index is 1.77. The first kappa shape index (κ1) is 18.5. The van der Waals surface area contributed by atoms with Crippen LogP contribution in [0.15, 0.2) is 54.6 Å². The van der Waals surface area contributed by atoms with E-state index in [1.165, 1.54) is 16.7 Å². The molecule has 1 amide bonds. The van der Waals surface area contributed by atoms with E-state index in [0.717, 1.165) is 12.8 Å². The minimum atomic E-state index is -0.498. The Hall–Kier alpha value is -2.33. The van der Waals surface area contributed by atoms with Crippen molar-refractivity contribution in [3.8, 4) is 11.1 Å². The second kappa shape index (κ2) is 7.50. The Labute approximate surface area is 156 Å². The number of ether oxygens (including phenoxy) is 1. The van der Waals surface area contributed by atoms with Crippen LogP contribution in [0.5, 0.6) is 0 Å². The lowest BCUT2D eigenvalue weighted by atomic mass is 9.97. The number of rotatable bonds is 3. The van der Waals surface area contributed by atoms with E-state index >= 15 is 0 Å². The van der Waals surface area contributed by atoms with Crippen LogP contribution in [0.2, 0.25) is 0 Å². The molecule has 2 atom stereocenters. The van der Waals surface area contributed by atoms with Crippen LogP contribution in [0.3, 0.4) is 0 Å². The van der Waals surface area contributed by atoms with Gasteiger partial charge in [0.05, 0.1) is 6.04 Å². The van der Waals surface area contributed by atoms with Gasteiger partial charge in [-0.25, -0.2) is 4.79 Å². The van der Waals surface area contributed by atoms with E-state index in [1.807, 2.05) is 39.0 Å². The molecule has 1 fully saturated rings. The number of carbonyl (C=O) groups is 1. The molecule has 4 heteroatoms. The van der Waals surface area contributed by atoms with Gasteiger partial charge in [-0.1, -0.05) is 54.6 Å². The Bertz CT molecular complexity index is 752. The molecule has 26 heavy (non-hydrogen) atoms. The highest BCUT2D eigenvalue weighted by Crippen LogP contribution is 2.26. The first-order valence-electron chi connectivity index (χ1n) is 9.23. The molecule has 2 aromatic rings. The van der Waals surface area contributed by atoms with Crippen molar-refractivity contribution in [2.45, 2.75) is 51.3 Å². The number of hydrogen-bond acceptors (Lipinski definition) is 3. The van der Waals surface area contributed by atoms with Gasteiger partial charge in [-0.15, -0.1) is 0 Å². The molecule has 2 aromatic carbocycles. The molecule has 0 saturated carbocycles. The van der Waals surface area contributed by atoms with Gasteiger partial charge in [-0.2, -0.15) is 0 Å². The monoisotopic (exact) mass is 352 g/mol. The van der Waals surface area contributed by atoms with Crippen molar-refractivity contribution in [3.05, 3.63) is 60.2 Å². The molecule has 1 saturated heterocycles. The van der Waals surface area contributed by atoms with Gasteiger partial charge in [0.25, 0.3) is 0 Å². The summed E-state index contributed by atoms with van der Waals surface area (Å²) in [4.78, 5) is 14.3. The summed E-state index contributed by atoms with van der Waals surface area (Å²) in [6.07, 6.45) is 1.28. The van der Waals surface area contributed by atoms with Crippen LogP contribution in [0.25, 0.3) is 11.1 Å². The first-order valence-corrected chi connectivity index (χ1v) is 9.23. The van der Waals surface area contributed by atoms with Crippen LogP contribution >= 0.6 is 0 Å². The smallest absolute Gasteiger partial charge is 0.410 e. The first-order chi connectivity index (χ1) is 12.3. The molecule has 1 aliphatic rings. The van der Waals surface area contributed by atoms with E-state index in [1.54, 1.807) is 4.90 Å². The minimum Gasteiger partial charge on any atom is -0.444 e. The molecule has 0 aromatic heterocycles. The van der Waals surface area contributed by atoms with Crippen molar-refractivity contribution in [2.24, 2.45) is 5.73 Å². The molecular formula is C22H28N2O2. The van der Waals surface area contributed by atoms with Crippen molar-refractivity contribution >= 4 is 6.09 Å². The topological polar surface area (TPSA) is 55.6 Å². The Morgan fingerprint density at radius 2 is 1.81 bits per heavy atom. The minimum absolute atomic E-state index is 0.0251. The number of likely N-dealkylation sites (tertiary alicyclic amines) is 1. The van der Waals surface area contributed by atoms with E-state index in [2.05, 4.69) is 36.4 Å². The summed E-state index contributed by atoms with van der Waals surface area (Å²) in [5, 5.41) is 0. The van der Waals surface area contributed by atoms with Gasteiger partial charge in [-0.3, -0.25) is 0 Å². The van der Waals surface area contributed by atoms with Crippen LogP contribution in [0, 0.1) is 0 Å². The zero-order valence-electron chi connectivity index (χ0n) is 15.8. The average Bonchev–Trinajstić information content (AvgIpc) is 2.95. The fourth-order valence-electron chi connectivity index (χ4n) is 3.44. The van der Waals surface area contributed by atoms with Gasteiger partial charge in [0, 0.05) is 12.6 Å². The van der Waals surface area contributed by atoms with E-state index in [-0.39, 0.29) is 18.2 Å². The highest BCUT2D eigenvalue weighted by Gasteiger charge is 2.37. The van der Waals surface area contributed by atoms with Crippen LogP contribution in [-0.2, 0) is 11.2 Å². The van der Waals surface area contributed by atoms with E-state index < -0.39 is 5.60 Å². The van der Waals surface area contributed by atoms with Crippen LogP contribution in [0.1, 0.15) is 32.8 Å². The third-order valence-electron chi connectivity index (χ3n) is 4.70. The van der Waals surface area contributed by atoms with Gasteiger partial charge in [0.15, 0.2) is 0 Å². The molecule has 138 valence electrons. The summed E-state index contributed by atoms with van der Waals surface area (Å²) in [5.41, 5.74) is 9.37. The lowest BCUT2D eigenvalue weighted by Gasteiger charge is -2.30. The fourth-order valence-corrected chi connectivity index (χ4v) is 3.44. The number of hydrogen-bond donors (Lipinski definition) is 1. The van der Waals surface area contributed by atoms with Gasteiger partial charge in [0.2, 0.25) is 0 Å². The second-order valence-corrected chi connectivity index (χ2v) is 7.96. The second-order valence-electron chi connectivity index (χ2n) is 7.96. The van der Waals surface area contributed by atoms with Gasteiger partial charge >= 0.3 is 6.09 Å². The molecule has 2 N–H and O–H groups in total. The van der Waals surface area contributed by atoms with E-state index in [0.29, 0.717) is 6.54 Å². The maximum atomic E-state index is 12.5. The zero-order valence-corrected chi connectivity index (χ0v) is 15.8. The van der Waals surface area contributed by atoms with Crippen molar-refractivity contribution in [1.82, 2.24) is 4.90 Å². The summed E-state index contributed by atoms with van der Waals surface area (Å²) in [7, 11) is 0. The Morgan fingerprint density at radius 3 is 2.50 bits per heavy atom. The van der Waals surface area contributed by atoms with Crippen molar-refractivity contribution in [1.29, 1.82) is 0 Å². The van der Waals surface area contributed by atoms with Crippen LogP contribution in [-0.4, -0.2) is 35.2 Å². The van der Waals surface area contributed by atoms with Crippen molar-refractivity contribution < 1.29 is 9.53 Å². The molecule has 1 heterocycles. The molecule has 0 aliphatic carbocycles. The molecule has 0 spiro atoms. The molecular weight excluding hydrogens is 324 g/mol. The quantitative estimate of drug-likeness (QED) is 0.899. The normalized spacial score (nSPS) is 20.2. The van der Waals surface area contributed by atoms with E-state index in [4.69, 9.17) is 10.5 Å². The molecule has 0 bridgehead atoms. The predicted octanol–water partition coefficient (Wildman–Crippen LogP) is 4.23. The summed E-state index contributed by atoms with van der Waals surface area (Å²) < 4.78 is 5.56. The Morgan fingerprint density at radius 1 is 1.12 bits per heavy atom. The van der Waals surface area contributed by atoms with Crippen molar-refractivity contribution in [2.75, 3.05) is 6.54 Å². The summed E-state index contributed by atoms with van der Waals surface area (Å²) in [5.74, 6) is 0. The molecule has 0 unspecified atom stereocenters. The van der Waals surface area contributed by atoms with Gasteiger partial charge in [0.1, 0.15) is 5.60 Å². The van der Waals surface area contributed by atoms with Crippen LogP contribution in [0.4, 0.5) is 4.79 Å². The number of nitrogens with two attached hydrogens (primary N) is 1. The summed E-state index contributed by atoms with van der Waals surface area (Å²) in [6.45, 7) is 6.32. The van der Waals surface area contributed by atoms with Gasteiger partial charge < -0.3 is 15.4 Å². The summed E-state index contributed by atoms with van der Waals surface area (Å²) >= 11 is 0. The molecule has 0 radical (unpaired) electrons. The number of benzene rings is 2. The maximum absolute atomic E-state index is 12.5. The third-order valence-corrected chi connectivity index (χ3v) is 4.70. The molecule has 1 aliphatic heterocycles. The summed E-state index contributed by atoms with van der Waals surface area (Å²) in [6, 6.07) is 18.7. The SMILES string of the molecule is CC(C)(C)OC(=O)N1CC[C@H](N)[C@@H]1Cc1cccc(-c2ccccc2)c1. The Kier molecular flexibility index (Phi) is 5.33. The lowest BCUT2D eigenvalue weighted by molar-refractivity contribution is 0.0220. The van der Waals surface area contributed by atoms with Crippen LogP contribution < -0.4 is 5.73 Å². The third kappa shape index (κ3) is 4.44. The van der Waals surface area contributed by atoms with Crippen molar-refractivity contribution in [3.63, 3.8) is 0 Å². The number of nitrogens with zero attached hydrogens (tertiary/aromatic N) is 1. The standard InChI is InChI=1S/C22H28N2O2/c1-22(2,3)26-21(25)24-13-12-19(23)20(24)15-16-8-7-11-18(14-16)17-9-5-4-6-10-17/h4-11,14,19-20H,12-13,15,23H2,1-3H3/t19-,20-/m0/s1. The zero-order chi connectivity index (χ0) is 18.7. The highest BCUT2D eigenvalue weighted by atomic mass is 16.6. The number of carbonyl (C=O) groups excluding carboxylic acids is 1. The van der Waals surface area contributed by atoms with Gasteiger partial charge in [-0.05, 0) is 50.3 Å². The average molecular weight is 352 g/mol. The highest BCUT2D eigenvalue weighted by molar-refractivity contribution is 5.69. The predicted molar refractivity (Wildman–Crippen MR) is 105 cm³/mol. The largest absolute Gasteiger partial charge is 0.444 e.